The van der Waals surface area contributed by atoms with Crippen LogP contribution in [0.5, 0.6) is 0 Å². The van der Waals surface area contributed by atoms with Crippen molar-refractivity contribution in [1.29, 1.82) is 0 Å². The molecule has 0 aliphatic carbocycles. The number of rotatable bonds is 3. The maximum atomic E-state index is 11.1. The maximum Gasteiger partial charge on any atom is 0.265 e. The van der Waals surface area contributed by atoms with Crippen molar-refractivity contribution in [2.75, 3.05) is 25.2 Å². The van der Waals surface area contributed by atoms with Crippen LogP contribution in [0.4, 0.5) is 0 Å². The van der Waals surface area contributed by atoms with E-state index in [-0.39, 0.29) is 24.8 Å². The van der Waals surface area contributed by atoms with Crippen LogP contribution in [0.1, 0.15) is 0 Å². The monoisotopic (exact) mass is 208 g/mol. The highest BCUT2D eigenvalue weighted by molar-refractivity contribution is 7.90. The summed E-state index contributed by atoms with van der Waals surface area (Å²) in [5.41, 5.74) is 5.34. The number of carbonyl (C=O) groups excluding carboxylic acids is 1. The van der Waals surface area contributed by atoms with Crippen LogP contribution >= 0.6 is 0 Å². The number of hydrogen-bond acceptors (Lipinski definition) is 5. The van der Waals surface area contributed by atoms with E-state index in [0.29, 0.717) is 0 Å². The van der Waals surface area contributed by atoms with E-state index in [1.54, 1.807) is 0 Å². The van der Waals surface area contributed by atoms with Gasteiger partial charge in [-0.1, -0.05) is 0 Å². The number of sulfone groups is 1. The van der Waals surface area contributed by atoms with Gasteiger partial charge in [-0.15, -0.1) is 0 Å². The standard InChI is InChI=1S/C6H12N2O4S/c1-13(10,11)3-2-8-6(9)5(7)4-12-8/h5H,2-4,7H2,1H3/t5-/m1/s1. The number of hydroxylamine groups is 2. The minimum atomic E-state index is -3.07. The second-order valence-electron chi connectivity index (χ2n) is 2.97. The fourth-order valence-corrected chi connectivity index (χ4v) is 1.41. The third kappa shape index (κ3) is 2.94. The van der Waals surface area contributed by atoms with Crippen molar-refractivity contribution in [2.24, 2.45) is 5.73 Å². The average molecular weight is 208 g/mol. The summed E-state index contributed by atoms with van der Waals surface area (Å²) in [6, 6.07) is -0.653. The van der Waals surface area contributed by atoms with Gasteiger partial charge in [-0.25, -0.2) is 13.5 Å². The van der Waals surface area contributed by atoms with Crippen molar-refractivity contribution in [1.82, 2.24) is 5.06 Å². The highest BCUT2D eigenvalue weighted by atomic mass is 32.2. The van der Waals surface area contributed by atoms with E-state index in [1.807, 2.05) is 0 Å². The van der Waals surface area contributed by atoms with E-state index in [1.165, 1.54) is 0 Å². The van der Waals surface area contributed by atoms with Crippen LogP contribution in [0.25, 0.3) is 0 Å². The number of nitrogens with zero attached hydrogens (tertiary/aromatic N) is 1. The third-order valence-corrected chi connectivity index (χ3v) is 2.56. The molecule has 2 N–H and O–H groups in total. The van der Waals surface area contributed by atoms with Crippen molar-refractivity contribution in [3.8, 4) is 0 Å². The molecular weight excluding hydrogens is 196 g/mol. The zero-order valence-corrected chi connectivity index (χ0v) is 8.08. The van der Waals surface area contributed by atoms with Gasteiger partial charge in [0.25, 0.3) is 5.91 Å². The zero-order chi connectivity index (χ0) is 10.1. The Kier molecular flexibility index (Phi) is 2.89. The van der Waals surface area contributed by atoms with Crippen molar-refractivity contribution in [3.63, 3.8) is 0 Å². The molecular formula is C6H12N2O4S. The Hall–Kier alpha value is -0.660. The second kappa shape index (κ2) is 3.60. The Labute approximate surface area is 76.5 Å². The van der Waals surface area contributed by atoms with Gasteiger partial charge in [-0.05, 0) is 0 Å². The predicted molar refractivity (Wildman–Crippen MR) is 45.4 cm³/mol. The van der Waals surface area contributed by atoms with Crippen LogP contribution in [0.15, 0.2) is 0 Å². The van der Waals surface area contributed by atoms with Gasteiger partial charge in [0.15, 0.2) is 0 Å². The highest BCUT2D eigenvalue weighted by Crippen LogP contribution is 2.05. The molecule has 0 saturated carbocycles. The van der Waals surface area contributed by atoms with Crippen LogP contribution in [0, 0.1) is 0 Å². The van der Waals surface area contributed by atoms with E-state index in [2.05, 4.69) is 0 Å². The summed E-state index contributed by atoms with van der Waals surface area (Å²) in [5, 5.41) is 1.01. The lowest BCUT2D eigenvalue weighted by atomic mass is 10.3. The summed E-state index contributed by atoms with van der Waals surface area (Å²) < 4.78 is 21.5. The molecule has 0 unspecified atom stereocenters. The molecule has 0 bridgehead atoms. The summed E-state index contributed by atoms with van der Waals surface area (Å²) in [5.74, 6) is -0.463. The first-order chi connectivity index (χ1) is 5.90. The Morgan fingerprint density at radius 2 is 2.31 bits per heavy atom. The third-order valence-electron chi connectivity index (χ3n) is 1.64. The lowest BCUT2D eigenvalue weighted by Crippen LogP contribution is -2.36. The van der Waals surface area contributed by atoms with Gasteiger partial charge in [0.05, 0.1) is 18.9 Å². The maximum absolute atomic E-state index is 11.1. The molecule has 0 aromatic rings. The molecule has 1 aliphatic rings. The Morgan fingerprint density at radius 3 is 2.69 bits per heavy atom. The molecule has 1 fully saturated rings. The van der Waals surface area contributed by atoms with Crippen LogP contribution < -0.4 is 5.73 Å². The fourth-order valence-electron chi connectivity index (χ4n) is 0.914. The van der Waals surface area contributed by atoms with Gasteiger partial charge in [0, 0.05) is 6.26 Å². The van der Waals surface area contributed by atoms with Crippen LogP contribution in [-0.2, 0) is 19.5 Å². The predicted octanol–water partition coefficient (Wildman–Crippen LogP) is -1.87. The van der Waals surface area contributed by atoms with Crippen molar-refractivity contribution < 1.29 is 18.0 Å². The Bertz CT molecular complexity index is 300. The summed E-state index contributed by atoms with van der Waals surface area (Å²) >= 11 is 0. The first kappa shape index (κ1) is 10.4. The SMILES string of the molecule is CS(=O)(=O)CCN1OC[C@@H](N)C1=O. The molecule has 1 rings (SSSR count). The summed E-state index contributed by atoms with van der Waals surface area (Å²) in [7, 11) is -3.07. The minimum absolute atomic E-state index is 0.0470. The second-order valence-corrected chi connectivity index (χ2v) is 5.23. The largest absolute Gasteiger partial charge is 0.318 e. The van der Waals surface area contributed by atoms with Crippen molar-refractivity contribution in [3.05, 3.63) is 0 Å². The molecule has 0 aromatic carbocycles. The van der Waals surface area contributed by atoms with Gasteiger partial charge < -0.3 is 5.73 Å². The van der Waals surface area contributed by atoms with Crippen LogP contribution in [0.2, 0.25) is 0 Å². The summed E-state index contributed by atoms with van der Waals surface area (Å²) in [4.78, 5) is 16.0. The smallest absolute Gasteiger partial charge is 0.265 e. The van der Waals surface area contributed by atoms with E-state index in [0.717, 1.165) is 11.3 Å². The molecule has 13 heavy (non-hydrogen) atoms. The van der Waals surface area contributed by atoms with Gasteiger partial charge in [0.2, 0.25) is 0 Å². The molecule has 1 saturated heterocycles. The summed E-state index contributed by atoms with van der Waals surface area (Å²) in [6.07, 6.45) is 1.10. The van der Waals surface area contributed by atoms with E-state index >= 15 is 0 Å². The first-order valence-electron chi connectivity index (χ1n) is 3.78. The number of nitrogens with two attached hydrogens (primary N) is 1. The molecule has 1 heterocycles. The Balaban J connectivity index is 2.44. The van der Waals surface area contributed by atoms with E-state index in [4.69, 9.17) is 10.6 Å². The number of amides is 1. The van der Waals surface area contributed by atoms with Gasteiger partial charge in [-0.3, -0.25) is 9.63 Å². The quantitative estimate of drug-likeness (QED) is 0.587. The first-order valence-corrected chi connectivity index (χ1v) is 5.84. The molecule has 1 atom stereocenters. The Morgan fingerprint density at radius 1 is 1.69 bits per heavy atom. The number of carbonyl (C=O) groups is 1. The van der Waals surface area contributed by atoms with Gasteiger partial charge in [-0.2, -0.15) is 0 Å². The molecule has 1 amide bonds. The lowest BCUT2D eigenvalue weighted by molar-refractivity contribution is -0.160. The zero-order valence-electron chi connectivity index (χ0n) is 7.26. The van der Waals surface area contributed by atoms with E-state index < -0.39 is 15.9 Å². The molecule has 6 nitrogen and oxygen atoms in total. The number of hydrogen-bond donors (Lipinski definition) is 1. The van der Waals surface area contributed by atoms with Crippen molar-refractivity contribution in [2.45, 2.75) is 6.04 Å². The van der Waals surface area contributed by atoms with Gasteiger partial charge >= 0.3 is 0 Å². The van der Waals surface area contributed by atoms with Gasteiger partial charge in [0.1, 0.15) is 15.9 Å². The van der Waals surface area contributed by atoms with Crippen LogP contribution in [0.3, 0.4) is 0 Å². The molecule has 0 spiro atoms. The fraction of sp³-hybridized carbons (Fsp3) is 0.833. The minimum Gasteiger partial charge on any atom is -0.318 e. The average Bonchev–Trinajstić information content (AvgIpc) is 2.29. The van der Waals surface area contributed by atoms with Crippen molar-refractivity contribution >= 4 is 15.7 Å². The molecule has 76 valence electrons. The normalized spacial score (nSPS) is 24.0. The molecule has 1 aliphatic heterocycles. The van der Waals surface area contributed by atoms with Crippen LogP contribution in [-0.4, -0.2) is 50.6 Å². The summed E-state index contributed by atoms with van der Waals surface area (Å²) in [6.45, 7) is 0.175. The molecule has 0 radical (unpaired) electrons. The highest BCUT2D eigenvalue weighted by Gasteiger charge is 2.30. The lowest BCUT2D eigenvalue weighted by Gasteiger charge is -2.12. The molecule has 7 heteroatoms. The topological polar surface area (TPSA) is 89.7 Å². The van der Waals surface area contributed by atoms with E-state index in [9.17, 15) is 13.2 Å². The molecule has 0 aromatic heterocycles.